The van der Waals surface area contributed by atoms with Gasteiger partial charge in [0.2, 0.25) is 5.91 Å². The summed E-state index contributed by atoms with van der Waals surface area (Å²) in [4.78, 5) is 11.8. The van der Waals surface area contributed by atoms with E-state index in [-0.39, 0.29) is 17.8 Å². The van der Waals surface area contributed by atoms with Gasteiger partial charge in [-0.2, -0.15) is 0 Å². The average molecular weight is 250 g/mol. The summed E-state index contributed by atoms with van der Waals surface area (Å²) in [6, 6.07) is 6.44. The highest BCUT2D eigenvalue weighted by Gasteiger charge is 2.19. The molecule has 1 saturated heterocycles. The van der Waals surface area contributed by atoms with Crippen molar-refractivity contribution in [3.8, 4) is 0 Å². The van der Waals surface area contributed by atoms with Gasteiger partial charge in [0.15, 0.2) is 0 Å². The predicted octanol–water partition coefficient (Wildman–Crippen LogP) is 1.63. The molecule has 2 N–H and O–H groups in total. The van der Waals surface area contributed by atoms with Gasteiger partial charge in [0.1, 0.15) is 5.82 Å². The van der Waals surface area contributed by atoms with E-state index in [1.54, 1.807) is 6.07 Å². The molecule has 0 radical (unpaired) electrons. The lowest BCUT2D eigenvalue weighted by molar-refractivity contribution is -0.123. The largest absolute Gasteiger partial charge is 0.354 e. The van der Waals surface area contributed by atoms with Crippen LogP contribution < -0.4 is 10.6 Å². The molecular formula is C14H19FN2O. The van der Waals surface area contributed by atoms with Gasteiger partial charge >= 0.3 is 0 Å². The van der Waals surface area contributed by atoms with Crippen LogP contribution >= 0.6 is 0 Å². The van der Waals surface area contributed by atoms with E-state index >= 15 is 0 Å². The number of amides is 1. The third-order valence-electron chi connectivity index (χ3n) is 3.23. The third kappa shape index (κ3) is 3.81. The Kier molecular flexibility index (Phi) is 4.70. The van der Waals surface area contributed by atoms with E-state index in [1.807, 2.05) is 6.07 Å². The lowest BCUT2D eigenvalue weighted by atomic mass is 10.0. The summed E-state index contributed by atoms with van der Waals surface area (Å²) in [7, 11) is 0. The van der Waals surface area contributed by atoms with Gasteiger partial charge in [-0.05, 0) is 43.5 Å². The molecule has 98 valence electrons. The fraction of sp³-hybridized carbons (Fsp3) is 0.500. The Morgan fingerprint density at radius 3 is 3.06 bits per heavy atom. The summed E-state index contributed by atoms with van der Waals surface area (Å²) >= 11 is 0. The number of carbonyl (C=O) groups is 1. The average Bonchev–Trinajstić information content (AvgIpc) is 2.40. The van der Waals surface area contributed by atoms with Crippen LogP contribution in [0.15, 0.2) is 24.3 Å². The number of carbonyl (C=O) groups excluding carboxylic acids is 1. The number of nitrogens with one attached hydrogen (secondary N) is 2. The van der Waals surface area contributed by atoms with Crippen molar-refractivity contribution in [2.45, 2.75) is 31.7 Å². The Labute approximate surface area is 107 Å². The van der Waals surface area contributed by atoms with Gasteiger partial charge in [-0.25, -0.2) is 4.39 Å². The second kappa shape index (κ2) is 6.50. The van der Waals surface area contributed by atoms with E-state index in [9.17, 15) is 9.18 Å². The minimum Gasteiger partial charge on any atom is -0.354 e. The van der Waals surface area contributed by atoms with Crippen LogP contribution in [0.3, 0.4) is 0 Å². The van der Waals surface area contributed by atoms with Crippen molar-refractivity contribution >= 4 is 5.91 Å². The van der Waals surface area contributed by atoms with Crippen molar-refractivity contribution in [2.75, 3.05) is 13.1 Å². The molecule has 0 spiro atoms. The van der Waals surface area contributed by atoms with E-state index in [1.165, 1.54) is 12.1 Å². The third-order valence-corrected chi connectivity index (χ3v) is 3.23. The zero-order valence-electron chi connectivity index (χ0n) is 10.4. The highest BCUT2D eigenvalue weighted by molar-refractivity contribution is 5.81. The Hall–Kier alpha value is -1.42. The maximum absolute atomic E-state index is 12.9. The SMILES string of the molecule is O=C(NCCc1cccc(F)c1)C1CCCCN1. The first-order valence-corrected chi connectivity index (χ1v) is 6.51. The van der Waals surface area contributed by atoms with Crippen molar-refractivity contribution in [3.63, 3.8) is 0 Å². The van der Waals surface area contributed by atoms with Crippen LogP contribution in [-0.2, 0) is 11.2 Å². The fourth-order valence-electron chi connectivity index (χ4n) is 2.22. The molecular weight excluding hydrogens is 231 g/mol. The zero-order valence-corrected chi connectivity index (χ0v) is 10.4. The maximum Gasteiger partial charge on any atom is 0.237 e. The first-order valence-electron chi connectivity index (χ1n) is 6.51. The quantitative estimate of drug-likeness (QED) is 0.852. The second-order valence-corrected chi connectivity index (χ2v) is 4.67. The number of hydrogen-bond acceptors (Lipinski definition) is 2. The highest BCUT2D eigenvalue weighted by atomic mass is 19.1. The van der Waals surface area contributed by atoms with E-state index < -0.39 is 0 Å². The molecule has 18 heavy (non-hydrogen) atoms. The molecule has 1 aromatic rings. The summed E-state index contributed by atoms with van der Waals surface area (Å²) in [5.74, 6) is -0.168. The van der Waals surface area contributed by atoms with Crippen molar-refractivity contribution in [1.29, 1.82) is 0 Å². The number of hydrogen-bond donors (Lipinski definition) is 2. The van der Waals surface area contributed by atoms with Crippen LogP contribution in [0.2, 0.25) is 0 Å². The van der Waals surface area contributed by atoms with Crippen LogP contribution in [0.5, 0.6) is 0 Å². The summed E-state index contributed by atoms with van der Waals surface area (Å²) in [6.07, 6.45) is 3.82. The first kappa shape index (κ1) is 13.0. The van der Waals surface area contributed by atoms with E-state index in [2.05, 4.69) is 10.6 Å². The number of rotatable bonds is 4. The van der Waals surface area contributed by atoms with E-state index in [4.69, 9.17) is 0 Å². The fourth-order valence-corrected chi connectivity index (χ4v) is 2.22. The Morgan fingerprint density at radius 1 is 1.44 bits per heavy atom. The summed E-state index contributed by atoms with van der Waals surface area (Å²) < 4.78 is 12.9. The molecule has 0 bridgehead atoms. The van der Waals surface area contributed by atoms with E-state index in [0.717, 1.165) is 31.4 Å². The van der Waals surface area contributed by atoms with Crippen molar-refractivity contribution < 1.29 is 9.18 Å². The standard InChI is InChI=1S/C14H19FN2O/c15-12-5-3-4-11(10-12)7-9-17-14(18)13-6-1-2-8-16-13/h3-5,10,13,16H,1-2,6-9H2,(H,17,18). The molecule has 3 nitrogen and oxygen atoms in total. The van der Waals surface area contributed by atoms with Gasteiger partial charge < -0.3 is 10.6 Å². The monoisotopic (exact) mass is 250 g/mol. The van der Waals surface area contributed by atoms with Crippen molar-refractivity contribution in [2.24, 2.45) is 0 Å². The van der Waals surface area contributed by atoms with Crippen LogP contribution in [0.25, 0.3) is 0 Å². The summed E-state index contributed by atoms with van der Waals surface area (Å²) in [6.45, 7) is 1.47. The van der Waals surface area contributed by atoms with Gasteiger partial charge in [-0.15, -0.1) is 0 Å². The van der Waals surface area contributed by atoms with Crippen LogP contribution in [-0.4, -0.2) is 25.0 Å². The Morgan fingerprint density at radius 2 is 2.33 bits per heavy atom. The minimum atomic E-state index is -0.229. The molecule has 1 aliphatic heterocycles. The van der Waals surface area contributed by atoms with Gasteiger partial charge in [0, 0.05) is 6.54 Å². The topological polar surface area (TPSA) is 41.1 Å². The van der Waals surface area contributed by atoms with Gasteiger partial charge in [0.25, 0.3) is 0 Å². The molecule has 1 aromatic carbocycles. The molecule has 0 aromatic heterocycles. The molecule has 0 saturated carbocycles. The van der Waals surface area contributed by atoms with Crippen molar-refractivity contribution in [1.82, 2.24) is 10.6 Å². The number of halogens is 1. The van der Waals surface area contributed by atoms with Gasteiger partial charge in [0.05, 0.1) is 6.04 Å². The molecule has 2 rings (SSSR count). The predicted molar refractivity (Wildman–Crippen MR) is 68.8 cm³/mol. The number of benzene rings is 1. The smallest absolute Gasteiger partial charge is 0.237 e. The molecule has 1 fully saturated rings. The van der Waals surface area contributed by atoms with Crippen LogP contribution in [0.4, 0.5) is 4.39 Å². The molecule has 1 amide bonds. The molecule has 0 aliphatic carbocycles. The Bertz CT molecular complexity index is 403. The molecule has 1 atom stereocenters. The second-order valence-electron chi connectivity index (χ2n) is 4.67. The van der Waals surface area contributed by atoms with Gasteiger partial charge in [-0.1, -0.05) is 18.6 Å². The summed E-state index contributed by atoms with van der Waals surface area (Å²) in [5.41, 5.74) is 0.909. The minimum absolute atomic E-state index is 0.0498. The normalized spacial score (nSPS) is 19.5. The zero-order chi connectivity index (χ0) is 12.8. The number of piperidine rings is 1. The summed E-state index contributed by atoms with van der Waals surface area (Å²) in [5, 5.41) is 6.10. The van der Waals surface area contributed by atoms with Gasteiger partial charge in [-0.3, -0.25) is 4.79 Å². The molecule has 1 heterocycles. The molecule has 4 heteroatoms. The molecule has 1 unspecified atom stereocenters. The van der Waals surface area contributed by atoms with Crippen LogP contribution in [0, 0.1) is 5.82 Å². The Balaban J connectivity index is 1.73. The van der Waals surface area contributed by atoms with E-state index in [0.29, 0.717) is 13.0 Å². The molecule has 1 aliphatic rings. The van der Waals surface area contributed by atoms with Crippen molar-refractivity contribution in [3.05, 3.63) is 35.6 Å². The van der Waals surface area contributed by atoms with Crippen LogP contribution in [0.1, 0.15) is 24.8 Å². The lowest BCUT2D eigenvalue weighted by Crippen LogP contribution is -2.47. The first-order chi connectivity index (χ1) is 8.75. The lowest BCUT2D eigenvalue weighted by Gasteiger charge is -2.22. The maximum atomic E-state index is 12.9. The highest BCUT2D eigenvalue weighted by Crippen LogP contribution is 2.07.